The molecule has 1 unspecified atom stereocenters. The minimum atomic E-state index is -1.19. The molecule has 21 heavy (non-hydrogen) atoms. The van der Waals surface area contributed by atoms with Crippen molar-refractivity contribution in [1.82, 2.24) is 5.32 Å². The lowest BCUT2D eigenvalue weighted by Gasteiger charge is -2.16. The molecule has 1 aromatic carbocycles. The van der Waals surface area contributed by atoms with E-state index in [0.29, 0.717) is 18.4 Å². The van der Waals surface area contributed by atoms with Crippen LogP contribution in [0.3, 0.4) is 0 Å². The van der Waals surface area contributed by atoms with Crippen LogP contribution in [0, 0.1) is 5.82 Å². The summed E-state index contributed by atoms with van der Waals surface area (Å²) in [5, 5.41) is 20.0. The fraction of sp³-hybridized carbons (Fsp3) is 0.429. The van der Waals surface area contributed by atoms with Crippen LogP contribution >= 0.6 is 0 Å². The Hall–Kier alpha value is -1.99. The second-order valence-electron chi connectivity index (χ2n) is 4.67. The number of aliphatic hydroxyl groups is 1. The predicted molar refractivity (Wildman–Crippen MR) is 74.0 cm³/mol. The highest BCUT2D eigenvalue weighted by atomic mass is 19.1. The lowest BCUT2D eigenvalue weighted by Crippen LogP contribution is -2.49. The molecular weight excluding hydrogens is 279 g/mol. The third-order valence-corrected chi connectivity index (χ3v) is 3.04. The van der Waals surface area contributed by atoms with Crippen molar-refractivity contribution in [2.75, 3.05) is 6.61 Å². The van der Waals surface area contributed by atoms with E-state index in [1.165, 1.54) is 6.07 Å². The van der Waals surface area contributed by atoms with Gasteiger partial charge in [0.05, 0.1) is 6.61 Å². The molecule has 7 heteroatoms. The number of rotatable bonds is 8. The number of nitrogens with two attached hydrogens (primary N) is 1. The summed E-state index contributed by atoms with van der Waals surface area (Å²) < 4.78 is 13.4. The summed E-state index contributed by atoms with van der Waals surface area (Å²) in [5.74, 6) is -2.26. The summed E-state index contributed by atoms with van der Waals surface area (Å²) in [6, 6.07) is 3.99. The first-order chi connectivity index (χ1) is 9.95. The Morgan fingerprint density at radius 2 is 2.00 bits per heavy atom. The normalized spacial score (nSPS) is 13.5. The molecule has 1 amide bonds. The van der Waals surface area contributed by atoms with Crippen LogP contribution in [0.2, 0.25) is 0 Å². The van der Waals surface area contributed by atoms with Gasteiger partial charge < -0.3 is 21.3 Å². The number of benzene rings is 1. The van der Waals surface area contributed by atoms with Gasteiger partial charge in [0.15, 0.2) is 0 Å². The largest absolute Gasteiger partial charge is 0.480 e. The highest BCUT2D eigenvalue weighted by Gasteiger charge is 2.22. The third kappa shape index (κ3) is 5.49. The summed E-state index contributed by atoms with van der Waals surface area (Å²) in [7, 11) is 0. The fourth-order valence-corrected chi connectivity index (χ4v) is 1.82. The molecule has 0 spiro atoms. The molecule has 0 aliphatic heterocycles. The minimum Gasteiger partial charge on any atom is -0.480 e. The molecule has 0 aliphatic rings. The molecule has 0 fully saturated rings. The maximum atomic E-state index is 13.4. The molecule has 6 nitrogen and oxygen atoms in total. The van der Waals surface area contributed by atoms with E-state index in [4.69, 9.17) is 15.9 Å². The number of carbonyl (C=O) groups is 2. The topological polar surface area (TPSA) is 113 Å². The predicted octanol–water partition coefficient (Wildman–Crippen LogP) is 0.0374. The van der Waals surface area contributed by atoms with E-state index in [1.54, 1.807) is 18.2 Å². The van der Waals surface area contributed by atoms with E-state index >= 15 is 0 Å². The Kier molecular flexibility index (Phi) is 6.77. The number of hydrogen-bond donors (Lipinski definition) is 4. The van der Waals surface area contributed by atoms with Crippen molar-refractivity contribution in [2.45, 2.75) is 31.3 Å². The summed E-state index contributed by atoms with van der Waals surface area (Å²) in [4.78, 5) is 22.5. The van der Waals surface area contributed by atoms with Crippen LogP contribution in [0.1, 0.15) is 18.4 Å². The van der Waals surface area contributed by atoms with Gasteiger partial charge in [0.25, 0.3) is 0 Å². The van der Waals surface area contributed by atoms with Crippen molar-refractivity contribution >= 4 is 11.9 Å². The summed E-state index contributed by atoms with van der Waals surface area (Å²) in [6.07, 6.45) is 0.915. The molecule has 0 heterocycles. The Labute approximate surface area is 121 Å². The summed E-state index contributed by atoms with van der Waals surface area (Å²) >= 11 is 0. The van der Waals surface area contributed by atoms with Crippen molar-refractivity contribution in [2.24, 2.45) is 5.73 Å². The van der Waals surface area contributed by atoms with E-state index < -0.39 is 30.6 Å². The van der Waals surface area contributed by atoms with Crippen molar-refractivity contribution in [1.29, 1.82) is 0 Å². The van der Waals surface area contributed by atoms with Crippen molar-refractivity contribution in [3.05, 3.63) is 35.6 Å². The van der Waals surface area contributed by atoms with Crippen LogP contribution in [-0.2, 0) is 16.0 Å². The van der Waals surface area contributed by atoms with Gasteiger partial charge >= 0.3 is 5.97 Å². The number of aryl methyl sites for hydroxylation is 1. The number of aliphatic carboxylic acids is 1. The van der Waals surface area contributed by atoms with Gasteiger partial charge in [-0.25, -0.2) is 9.18 Å². The van der Waals surface area contributed by atoms with Gasteiger partial charge in [0.1, 0.15) is 17.9 Å². The highest BCUT2D eigenvalue weighted by Crippen LogP contribution is 2.11. The van der Waals surface area contributed by atoms with E-state index in [0.717, 1.165) is 0 Å². The Morgan fingerprint density at radius 1 is 1.33 bits per heavy atom. The first-order valence-electron chi connectivity index (χ1n) is 6.58. The lowest BCUT2D eigenvalue weighted by atomic mass is 10.0. The van der Waals surface area contributed by atoms with Crippen LogP contribution in [0.5, 0.6) is 0 Å². The lowest BCUT2D eigenvalue weighted by molar-refractivity contribution is -0.142. The second kappa shape index (κ2) is 8.33. The number of carbonyl (C=O) groups excluding carboxylic acids is 1. The van der Waals surface area contributed by atoms with Crippen molar-refractivity contribution in [3.8, 4) is 0 Å². The molecule has 1 rings (SSSR count). The van der Waals surface area contributed by atoms with Crippen LogP contribution in [-0.4, -0.2) is 40.8 Å². The summed E-state index contributed by atoms with van der Waals surface area (Å²) in [6.45, 7) is -0.562. The number of carboxylic acid groups (broad SMARTS) is 1. The van der Waals surface area contributed by atoms with Crippen LogP contribution in [0.15, 0.2) is 24.3 Å². The SMILES string of the molecule is N[C@@H](CO)C(=O)NC(CCCc1ccccc1F)C(=O)O. The maximum Gasteiger partial charge on any atom is 0.326 e. The molecule has 0 saturated carbocycles. The molecule has 116 valence electrons. The molecule has 5 N–H and O–H groups in total. The fourth-order valence-electron chi connectivity index (χ4n) is 1.82. The van der Waals surface area contributed by atoms with Gasteiger partial charge in [0.2, 0.25) is 5.91 Å². The molecule has 1 aromatic rings. The molecule has 2 atom stereocenters. The van der Waals surface area contributed by atoms with Gasteiger partial charge in [-0.1, -0.05) is 18.2 Å². The zero-order valence-electron chi connectivity index (χ0n) is 11.5. The van der Waals surface area contributed by atoms with Gasteiger partial charge in [-0.05, 0) is 30.9 Å². The van der Waals surface area contributed by atoms with Crippen LogP contribution < -0.4 is 11.1 Å². The zero-order valence-corrected chi connectivity index (χ0v) is 11.5. The average Bonchev–Trinajstić information content (AvgIpc) is 2.46. The molecule has 0 saturated heterocycles. The smallest absolute Gasteiger partial charge is 0.326 e. The Bertz CT molecular complexity index is 496. The summed E-state index contributed by atoms with van der Waals surface area (Å²) in [5.41, 5.74) is 5.80. The number of nitrogens with one attached hydrogen (secondary N) is 1. The molecule has 0 radical (unpaired) electrons. The zero-order chi connectivity index (χ0) is 15.8. The van der Waals surface area contributed by atoms with Gasteiger partial charge in [0, 0.05) is 0 Å². The number of carboxylic acids is 1. The highest BCUT2D eigenvalue weighted by molar-refractivity contribution is 5.86. The van der Waals surface area contributed by atoms with Crippen molar-refractivity contribution < 1.29 is 24.2 Å². The molecule has 0 aromatic heterocycles. The van der Waals surface area contributed by atoms with E-state index in [-0.39, 0.29) is 12.2 Å². The quantitative estimate of drug-likeness (QED) is 0.541. The Balaban J connectivity index is 2.50. The molecular formula is C14H19FN2O4. The number of halogens is 1. The number of aliphatic hydroxyl groups excluding tert-OH is 1. The van der Waals surface area contributed by atoms with Gasteiger partial charge in [-0.2, -0.15) is 0 Å². The van der Waals surface area contributed by atoms with E-state index in [1.807, 2.05) is 0 Å². The first kappa shape index (κ1) is 17.1. The van der Waals surface area contributed by atoms with Crippen molar-refractivity contribution in [3.63, 3.8) is 0 Å². The monoisotopic (exact) mass is 298 g/mol. The average molecular weight is 298 g/mol. The molecule has 0 bridgehead atoms. The maximum absolute atomic E-state index is 13.4. The number of amides is 1. The standard InChI is InChI=1S/C14H19FN2O4/c15-10-6-2-1-4-9(10)5-3-7-12(14(20)21)17-13(19)11(16)8-18/h1-2,4,6,11-12,18H,3,5,7-8,16H2,(H,17,19)(H,20,21)/t11-,12?/m0/s1. The third-order valence-electron chi connectivity index (χ3n) is 3.04. The van der Waals surface area contributed by atoms with Gasteiger partial charge in [-0.3, -0.25) is 4.79 Å². The van der Waals surface area contributed by atoms with Gasteiger partial charge in [-0.15, -0.1) is 0 Å². The van der Waals surface area contributed by atoms with E-state index in [2.05, 4.69) is 5.32 Å². The molecule has 0 aliphatic carbocycles. The second-order valence-corrected chi connectivity index (χ2v) is 4.67. The van der Waals surface area contributed by atoms with Crippen LogP contribution in [0.25, 0.3) is 0 Å². The first-order valence-corrected chi connectivity index (χ1v) is 6.58. The van der Waals surface area contributed by atoms with E-state index in [9.17, 15) is 14.0 Å². The number of hydrogen-bond acceptors (Lipinski definition) is 4. The van der Waals surface area contributed by atoms with Crippen LogP contribution in [0.4, 0.5) is 4.39 Å². The Morgan fingerprint density at radius 3 is 2.57 bits per heavy atom. The minimum absolute atomic E-state index is 0.146.